The SMILES string of the molecule is O=C(O)C1Cc2ccc(O)cc2OC1=O. The summed E-state index contributed by atoms with van der Waals surface area (Å²) in [6, 6.07) is 4.27. The smallest absolute Gasteiger partial charge is 0.326 e. The number of carboxylic acids is 1. The molecule has 1 heterocycles. The number of fused-ring (bicyclic) bond motifs is 1. The zero-order valence-corrected chi connectivity index (χ0v) is 7.64. The summed E-state index contributed by atoms with van der Waals surface area (Å²) in [5.74, 6) is -2.92. The molecule has 0 amide bonds. The fourth-order valence-corrected chi connectivity index (χ4v) is 1.48. The summed E-state index contributed by atoms with van der Waals surface area (Å²) >= 11 is 0. The molecule has 1 aromatic carbocycles. The molecule has 0 aliphatic carbocycles. The quantitative estimate of drug-likeness (QED) is 0.400. The van der Waals surface area contributed by atoms with Crippen molar-refractivity contribution in [2.24, 2.45) is 5.92 Å². The molecule has 1 aromatic rings. The summed E-state index contributed by atoms with van der Waals surface area (Å²) in [5, 5.41) is 17.9. The molecule has 0 saturated carbocycles. The van der Waals surface area contributed by atoms with Gasteiger partial charge in [-0.25, -0.2) is 0 Å². The number of carboxylic acid groups (broad SMARTS) is 1. The lowest BCUT2D eigenvalue weighted by Crippen LogP contribution is -2.33. The average Bonchev–Trinajstić information content (AvgIpc) is 2.15. The summed E-state index contributed by atoms with van der Waals surface area (Å²) in [4.78, 5) is 21.9. The van der Waals surface area contributed by atoms with Gasteiger partial charge in [-0.1, -0.05) is 6.07 Å². The first kappa shape index (κ1) is 9.51. The van der Waals surface area contributed by atoms with Gasteiger partial charge < -0.3 is 14.9 Å². The Bertz CT molecular complexity index is 437. The van der Waals surface area contributed by atoms with Crippen LogP contribution in [0.25, 0.3) is 0 Å². The Morgan fingerprint density at radius 1 is 1.47 bits per heavy atom. The first-order valence-corrected chi connectivity index (χ1v) is 4.34. The van der Waals surface area contributed by atoms with Gasteiger partial charge in [0.15, 0.2) is 5.92 Å². The summed E-state index contributed by atoms with van der Waals surface area (Å²) in [6.07, 6.45) is 0.101. The molecule has 0 bridgehead atoms. The Balaban J connectivity index is 2.38. The lowest BCUT2D eigenvalue weighted by atomic mass is 9.96. The molecule has 15 heavy (non-hydrogen) atoms. The van der Waals surface area contributed by atoms with Crippen molar-refractivity contribution in [2.45, 2.75) is 6.42 Å². The van der Waals surface area contributed by atoms with Crippen molar-refractivity contribution >= 4 is 11.9 Å². The van der Waals surface area contributed by atoms with Crippen molar-refractivity contribution in [1.82, 2.24) is 0 Å². The lowest BCUT2D eigenvalue weighted by Gasteiger charge is -2.20. The molecule has 0 spiro atoms. The van der Waals surface area contributed by atoms with Crippen LogP contribution in [0.3, 0.4) is 0 Å². The van der Waals surface area contributed by atoms with Crippen LogP contribution in [-0.4, -0.2) is 22.2 Å². The van der Waals surface area contributed by atoms with Gasteiger partial charge in [0.2, 0.25) is 0 Å². The van der Waals surface area contributed by atoms with Crippen LogP contribution in [0.2, 0.25) is 0 Å². The number of carbonyl (C=O) groups is 2. The normalized spacial score (nSPS) is 19.2. The Morgan fingerprint density at radius 2 is 2.20 bits per heavy atom. The van der Waals surface area contributed by atoms with E-state index in [1.165, 1.54) is 12.1 Å². The molecule has 1 atom stereocenters. The number of carbonyl (C=O) groups excluding carboxylic acids is 1. The maximum atomic E-state index is 11.2. The second-order valence-electron chi connectivity index (χ2n) is 3.31. The second kappa shape index (κ2) is 3.27. The highest BCUT2D eigenvalue weighted by molar-refractivity contribution is 5.96. The maximum Gasteiger partial charge on any atom is 0.326 e. The highest BCUT2D eigenvalue weighted by Gasteiger charge is 2.34. The summed E-state index contributed by atoms with van der Waals surface area (Å²) < 4.78 is 4.81. The van der Waals surface area contributed by atoms with Gasteiger partial charge in [0.05, 0.1) is 0 Å². The van der Waals surface area contributed by atoms with Crippen LogP contribution >= 0.6 is 0 Å². The van der Waals surface area contributed by atoms with Crippen LogP contribution < -0.4 is 4.74 Å². The molecule has 2 N–H and O–H groups in total. The summed E-state index contributed by atoms with van der Waals surface area (Å²) in [7, 11) is 0. The fourth-order valence-electron chi connectivity index (χ4n) is 1.48. The van der Waals surface area contributed by atoms with Crippen molar-refractivity contribution in [3.63, 3.8) is 0 Å². The zero-order valence-electron chi connectivity index (χ0n) is 7.64. The Kier molecular flexibility index (Phi) is 2.07. The van der Waals surface area contributed by atoms with Gasteiger partial charge in [0.1, 0.15) is 11.5 Å². The first-order valence-electron chi connectivity index (χ1n) is 4.34. The van der Waals surface area contributed by atoms with Crippen LogP contribution in [0.15, 0.2) is 18.2 Å². The van der Waals surface area contributed by atoms with Crippen molar-refractivity contribution in [2.75, 3.05) is 0 Å². The van der Waals surface area contributed by atoms with Crippen LogP contribution in [0.5, 0.6) is 11.5 Å². The minimum absolute atomic E-state index is 0.0182. The van der Waals surface area contributed by atoms with Crippen molar-refractivity contribution in [3.8, 4) is 11.5 Å². The third kappa shape index (κ3) is 1.63. The van der Waals surface area contributed by atoms with E-state index in [-0.39, 0.29) is 17.9 Å². The number of phenolic OH excluding ortho intramolecular Hbond substituents is 1. The molecule has 0 fully saturated rings. The van der Waals surface area contributed by atoms with E-state index in [1.807, 2.05) is 0 Å². The Labute approximate surface area is 84.9 Å². The second-order valence-corrected chi connectivity index (χ2v) is 3.31. The van der Waals surface area contributed by atoms with Gasteiger partial charge >= 0.3 is 11.9 Å². The molecule has 0 aromatic heterocycles. The van der Waals surface area contributed by atoms with Crippen LogP contribution in [-0.2, 0) is 16.0 Å². The molecule has 1 unspecified atom stereocenters. The third-order valence-corrected chi connectivity index (χ3v) is 2.27. The fraction of sp³-hybridized carbons (Fsp3) is 0.200. The van der Waals surface area contributed by atoms with Crippen LogP contribution in [0, 0.1) is 5.92 Å². The molecular weight excluding hydrogens is 200 g/mol. The average molecular weight is 208 g/mol. The molecular formula is C10H8O5. The van der Waals surface area contributed by atoms with Gasteiger partial charge in [0, 0.05) is 12.5 Å². The summed E-state index contributed by atoms with van der Waals surface area (Å²) in [6.45, 7) is 0. The van der Waals surface area contributed by atoms with Crippen molar-refractivity contribution < 1.29 is 24.5 Å². The molecule has 0 saturated heterocycles. The Hall–Kier alpha value is -2.04. The number of hydrogen-bond donors (Lipinski definition) is 2. The molecule has 2 rings (SSSR count). The molecule has 5 heteroatoms. The maximum absolute atomic E-state index is 11.2. The minimum Gasteiger partial charge on any atom is -0.508 e. The topological polar surface area (TPSA) is 83.8 Å². The molecule has 5 nitrogen and oxygen atoms in total. The predicted octanol–water partition coefficient (Wildman–Crippen LogP) is 0.554. The number of rotatable bonds is 1. The molecule has 78 valence electrons. The van der Waals surface area contributed by atoms with Gasteiger partial charge in [-0.2, -0.15) is 0 Å². The van der Waals surface area contributed by atoms with E-state index in [0.29, 0.717) is 5.56 Å². The number of benzene rings is 1. The standard InChI is InChI=1S/C10H8O5/c11-6-2-1-5-3-7(9(12)13)10(14)15-8(5)4-6/h1-2,4,7,11H,3H2,(H,12,13). The monoisotopic (exact) mass is 208 g/mol. The van der Waals surface area contributed by atoms with E-state index >= 15 is 0 Å². The number of phenols is 1. The number of hydrogen-bond acceptors (Lipinski definition) is 4. The summed E-state index contributed by atoms with van der Waals surface area (Å²) in [5.41, 5.74) is 0.611. The van der Waals surface area contributed by atoms with E-state index in [9.17, 15) is 9.59 Å². The van der Waals surface area contributed by atoms with E-state index in [1.54, 1.807) is 6.07 Å². The largest absolute Gasteiger partial charge is 0.508 e. The Morgan fingerprint density at radius 3 is 2.87 bits per heavy atom. The molecule has 1 aliphatic heterocycles. The highest BCUT2D eigenvalue weighted by atomic mass is 16.5. The highest BCUT2D eigenvalue weighted by Crippen LogP contribution is 2.31. The minimum atomic E-state index is -1.20. The first-order chi connectivity index (χ1) is 7.08. The van der Waals surface area contributed by atoms with Crippen LogP contribution in [0.1, 0.15) is 5.56 Å². The molecule has 0 radical (unpaired) electrons. The third-order valence-electron chi connectivity index (χ3n) is 2.27. The molecule has 1 aliphatic rings. The number of esters is 1. The number of aliphatic carboxylic acids is 1. The predicted molar refractivity (Wildman–Crippen MR) is 48.6 cm³/mol. The van der Waals surface area contributed by atoms with E-state index in [4.69, 9.17) is 14.9 Å². The number of aromatic hydroxyl groups is 1. The zero-order chi connectivity index (χ0) is 11.0. The number of ether oxygens (including phenoxy) is 1. The van der Waals surface area contributed by atoms with Crippen molar-refractivity contribution in [3.05, 3.63) is 23.8 Å². The van der Waals surface area contributed by atoms with Crippen LogP contribution in [0.4, 0.5) is 0 Å². The van der Waals surface area contributed by atoms with E-state index in [0.717, 1.165) is 0 Å². The van der Waals surface area contributed by atoms with Gasteiger partial charge in [-0.3, -0.25) is 9.59 Å². The van der Waals surface area contributed by atoms with Gasteiger partial charge in [-0.15, -0.1) is 0 Å². The van der Waals surface area contributed by atoms with Gasteiger partial charge in [0.25, 0.3) is 0 Å². The van der Waals surface area contributed by atoms with E-state index < -0.39 is 17.9 Å². The van der Waals surface area contributed by atoms with Crippen molar-refractivity contribution in [1.29, 1.82) is 0 Å². The lowest BCUT2D eigenvalue weighted by molar-refractivity contribution is -0.153. The van der Waals surface area contributed by atoms with E-state index in [2.05, 4.69) is 0 Å². The van der Waals surface area contributed by atoms with Gasteiger partial charge in [-0.05, 0) is 11.6 Å².